The average Bonchev–Trinajstić information content (AvgIpc) is 3.23. The van der Waals surface area contributed by atoms with E-state index >= 15 is 0 Å². The van der Waals surface area contributed by atoms with Gasteiger partial charge in [-0.3, -0.25) is 10.00 Å². The summed E-state index contributed by atoms with van der Waals surface area (Å²) in [6.07, 6.45) is -0.152. The summed E-state index contributed by atoms with van der Waals surface area (Å²) in [6, 6.07) is 2.46. The van der Waals surface area contributed by atoms with E-state index in [9.17, 15) is 13.2 Å². The molecule has 0 spiro atoms. The zero-order chi connectivity index (χ0) is 18.3. The molecule has 9 heteroatoms. The molecule has 2 N–H and O–H groups in total. The maximum atomic E-state index is 12.8. The van der Waals surface area contributed by atoms with Crippen LogP contribution in [0.25, 0.3) is 11.3 Å². The molecule has 0 aromatic carbocycles. The number of hydrogen-bond acceptors (Lipinski definition) is 4. The number of pyridine rings is 1. The highest BCUT2D eigenvalue weighted by Gasteiger charge is 2.33. The summed E-state index contributed by atoms with van der Waals surface area (Å²) in [5.74, 6) is 0.880. The van der Waals surface area contributed by atoms with Crippen molar-refractivity contribution in [2.24, 2.45) is 0 Å². The van der Waals surface area contributed by atoms with Crippen molar-refractivity contribution < 1.29 is 13.2 Å². The SMILES string of the molecule is Cc1nc(C(F)(F)F)ccc1-c1n[nH]c2c1CN(Cc1ncc[nH]1)CC2. The van der Waals surface area contributed by atoms with Crippen molar-refractivity contribution in [2.75, 3.05) is 6.54 Å². The van der Waals surface area contributed by atoms with Gasteiger partial charge in [-0.1, -0.05) is 0 Å². The molecule has 0 bridgehead atoms. The fourth-order valence-electron chi connectivity index (χ4n) is 3.27. The molecule has 0 unspecified atom stereocenters. The second-order valence-corrected chi connectivity index (χ2v) is 6.35. The van der Waals surface area contributed by atoms with Crippen LogP contribution in [-0.4, -0.2) is 36.6 Å². The van der Waals surface area contributed by atoms with E-state index in [0.29, 0.717) is 30.0 Å². The first-order valence-corrected chi connectivity index (χ1v) is 8.24. The molecule has 26 heavy (non-hydrogen) atoms. The van der Waals surface area contributed by atoms with Crippen molar-refractivity contribution in [1.29, 1.82) is 0 Å². The van der Waals surface area contributed by atoms with Crippen LogP contribution in [-0.2, 0) is 25.7 Å². The van der Waals surface area contributed by atoms with Gasteiger partial charge in [0.1, 0.15) is 11.5 Å². The molecule has 1 aliphatic heterocycles. The largest absolute Gasteiger partial charge is 0.433 e. The highest BCUT2D eigenvalue weighted by atomic mass is 19.4. The molecule has 3 aromatic heterocycles. The average molecular weight is 362 g/mol. The molecular weight excluding hydrogens is 345 g/mol. The number of nitrogens with zero attached hydrogens (tertiary/aromatic N) is 4. The number of imidazole rings is 1. The predicted molar refractivity (Wildman–Crippen MR) is 88.0 cm³/mol. The van der Waals surface area contributed by atoms with Gasteiger partial charge in [0.25, 0.3) is 0 Å². The van der Waals surface area contributed by atoms with Crippen molar-refractivity contribution in [1.82, 2.24) is 30.0 Å². The third kappa shape index (κ3) is 3.10. The Hall–Kier alpha value is -2.68. The van der Waals surface area contributed by atoms with Crippen molar-refractivity contribution >= 4 is 0 Å². The number of nitrogens with one attached hydrogen (secondary N) is 2. The van der Waals surface area contributed by atoms with Crippen LogP contribution in [0.2, 0.25) is 0 Å². The molecule has 136 valence electrons. The van der Waals surface area contributed by atoms with Crippen LogP contribution >= 0.6 is 0 Å². The number of hydrogen-bond donors (Lipinski definition) is 2. The van der Waals surface area contributed by atoms with Gasteiger partial charge < -0.3 is 4.98 Å². The molecule has 0 saturated carbocycles. The van der Waals surface area contributed by atoms with Crippen molar-refractivity contribution in [3.05, 3.63) is 53.0 Å². The molecule has 0 fully saturated rings. The predicted octanol–water partition coefficient (Wildman–Crippen LogP) is 3.08. The summed E-state index contributed by atoms with van der Waals surface area (Å²) >= 11 is 0. The summed E-state index contributed by atoms with van der Waals surface area (Å²) in [5, 5.41) is 7.38. The van der Waals surface area contributed by atoms with Crippen LogP contribution in [0.1, 0.15) is 28.5 Å². The number of alkyl halides is 3. The van der Waals surface area contributed by atoms with Gasteiger partial charge in [-0.25, -0.2) is 9.97 Å². The van der Waals surface area contributed by atoms with E-state index in [1.807, 2.05) is 0 Å². The van der Waals surface area contributed by atoms with Crippen LogP contribution in [0.5, 0.6) is 0 Å². The van der Waals surface area contributed by atoms with Crippen molar-refractivity contribution in [3.8, 4) is 11.3 Å². The third-order valence-electron chi connectivity index (χ3n) is 4.57. The van der Waals surface area contributed by atoms with Gasteiger partial charge in [-0.15, -0.1) is 0 Å². The molecular formula is C17H17F3N6. The Balaban J connectivity index is 1.63. The lowest BCUT2D eigenvalue weighted by molar-refractivity contribution is -0.141. The van der Waals surface area contributed by atoms with E-state index in [1.165, 1.54) is 6.07 Å². The van der Waals surface area contributed by atoms with E-state index in [4.69, 9.17) is 0 Å². The van der Waals surface area contributed by atoms with E-state index in [1.54, 1.807) is 19.3 Å². The van der Waals surface area contributed by atoms with E-state index in [2.05, 4.69) is 30.0 Å². The number of aromatic nitrogens is 5. The number of fused-ring (bicyclic) bond motifs is 1. The minimum Gasteiger partial charge on any atom is -0.348 e. The second-order valence-electron chi connectivity index (χ2n) is 6.35. The molecule has 4 heterocycles. The van der Waals surface area contributed by atoms with Crippen molar-refractivity contribution in [2.45, 2.75) is 32.6 Å². The zero-order valence-electron chi connectivity index (χ0n) is 14.1. The molecule has 6 nitrogen and oxygen atoms in total. The minimum atomic E-state index is -4.45. The first-order valence-electron chi connectivity index (χ1n) is 8.24. The Kier molecular flexibility index (Phi) is 4.03. The van der Waals surface area contributed by atoms with Crippen LogP contribution < -0.4 is 0 Å². The Bertz CT molecular complexity index is 913. The summed E-state index contributed by atoms with van der Waals surface area (Å²) in [7, 11) is 0. The number of aryl methyl sites for hydroxylation is 1. The van der Waals surface area contributed by atoms with Crippen LogP contribution in [0.15, 0.2) is 24.5 Å². The molecule has 3 aromatic rings. The quantitative estimate of drug-likeness (QED) is 0.751. The Morgan fingerprint density at radius 3 is 2.81 bits per heavy atom. The number of halogens is 3. The third-order valence-corrected chi connectivity index (χ3v) is 4.57. The van der Waals surface area contributed by atoms with Gasteiger partial charge in [0.2, 0.25) is 0 Å². The number of aromatic amines is 2. The molecule has 4 rings (SSSR count). The first-order chi connectivity index (χ1) is 12.4. The number of H-pyrrole nitrogens is 2. The standard InChI is InChI=1S/C17H17F3N6/c1-10-11(2-3-14(23-10)17(18,19)20)16-12-8-26(7-4-13(12)24-25-16)9-15-21-5-6-22-15/h2-3,5-6H,4,7-9H2,1H3,(H,21,22)(H,24,25). The topological polar surface area (TPSA) is 73.5 Å². The minimum absolute atomic E-state index is 0.317. The molecule has 0 aliphatic carbocycles. The maximum Gasteiger partial charge on any atom is 0.433 e. The Labute approximate surface area is 147 Å². The number of rotatable bonds is 3. The summed E-state index contributed by atoms with van der Waals surface area (Å²) in [6.45, 7) is 3.78. The molecule has 0 atom stereocenters. The highest BCUT2D eigenvalue weighted by molar-refractivity contribution is 5.66. The van der Waals surface area contributed by atoms with Gasteiger partial charge in [0.15, 0.2) is 0 Å². The zero-order valence-corrected chi connectivity index (χ0v) is 14.1. The van der Waals surface area contributed by atoms with Crippen LogP contribution in [0.3, 0.4) is 0 Å². The monoisotopic (exact) mass is 362 g/mol. The molecule has 0 saturated heterocycles. The fourth-order valence-corrected chi connectivity index (χ4v) is 3.27. The van der Waals surface area contributed by atoms with Gasteiger partial charge >= 0.3 is 6.18 Å². The van der Waals surface area contributed by atoms with E-state index < -0.39 is 11.9 Å². The molecule has 0 amide bonds. The lowest BCUT2D eigenvalue weighted by Crippen LogP contribution is -2.30. The smallest absolute Gasteiger partial charge is 0.348 e. The molecule has 0 radical (unpaired) electrons. The highest BCUT2D eigenvalue weighted by Crippen LogP contribution is 2.33. The van der Waals surface area contributed by atoms with E-state index in [-0.39, 0.29) is 0 Å². The lowest BCUT2D eigenvalue weighted by Gasteiger charge is -2.26. The van der Waals surface area contributed by atoms with Gasteiger partial charge in [0, 0.05) is 54.4 Å². The van der Waals surface area contributed by atoms with Crippen LogP contribution in [0, 0.1) is 6.92 Å². The first kappa shape index (κ1) is 16.8. The summed E-state index contributed by atoms with van der Waals surface area (Å²) < 4.78 is 38.5. The Morgan fingerprint density at radius 2 is 2.12 bits per heavy atom. The second kappa shape index (κ2) is 6.24. The van der Waals surface area contributed by atoms with Gasteiger partial charge in [-0.2, -0.15) is 18.3 Å². The van der Waals surface area contributed by atoms with E-state index in [0.717, 1.165) is 36.1 Å². The lowest BCUT2D eigenvalue weighted by atomic mass is 10.00. The maximum absolute atomic E-state index is 12.8. The molecule has 1 aliphatic rings. The summed E-state index contributed by atoms with van der Waals surface area (Å²) in [5.41, 5.74) is 2.75. The van der Waals surface area contributed by atoms with Crippen molar-refractivity contribution in [3.63, 3.8) is 0 Å². The summed E-state index contributed by atoms with van der Waals surface area (Å²) in [4.78, 5) is 13.3. The Morgan fingerprint density at radius 1 is 1.27 bits per heavy atom. The van der Waals surface area contributed by atoms with Gasteiger partial charge in [-0.05, 0) is 19.1 Å². The van der Waals surface area contributed by atoms with Gasteiger partial charge in [0.05, 0.1) is 12.2 Å². The normalized spacial score (nSPS) is 15.2. The van der Waals surface area contributed by atoms with Crippen LogP contribution in [0.4, 0.5) is 13.2 Å². The fraction of sp³-hybridized carbons (Fsp3) is 0.353.